The van der Waals surface area contributed by atoms with E-state index in [-0.39, 0.29) is 23.4 Å². The van der Waals surface area contributed by atoms with Gasteiger partial charge >= 0.3 is 6.18 Å². The molecule has 1 heterocycles. The Morgan fingerprint density at radius 1 is 1.07 bits per heavy atom. The molecule has 0 bridgehead atoms. The molecule has 0 fully saturated rings. The Labute approximate surface area is 179 Å². The number of hydrogen-bond donors (Lipinski definition) is 1. The van der Waals surface area contributed by atoms with Gasteiger partial charge in [-0.1, -0.05) is 43.3 Å². The lowest BCUT2D eigenvalue weighted by molar-refractivity contribution is -0.142. The highest BCUT2D eigenvalue weighted by Gasteiger charge is 2.55. The molecule has 0 saturated carbocycles. The van der Waals surface area contributed by atoms with E-state index in [9.17, 15) is 23.1 Å². The molecule has 1 atom stereocenters. The summed E-state index contributed by atoms with van der Waals surface area (Å²) in [6.45, 7) is 2.05. The monoisotopic (exact) mass is 511 g/mol. The number of carbonyl (C=O) groups is 1. The van der Waals surface area contributed by atoms with E-state index < -0.39 is 23.2 Å². The van der Waals surface area contributed by atoms with Gasteiger partial charge in [0.15, 0.2) is 5.60 Å². The molecule has 0 aromatic heterocycles. The van der Waals surface area contributed by atoms with Gasteiger partial charge in [0, 0.05) is 15.7 Å². The zero-order valence-electron chi connectivity index (χ0n) is 15.4. The lowest BCUT2D eigenvalue weighted by atomic mass is 9.83. The summed E-state index contributed by atoms with van der Waals surface area (Å²) < 4.78 is 42.1. The number of hydrogen-bond acceptors (Lipinski definition) is 2. The van der Waals surface area contributed by atoms with Crippen LogP contribution in [0.25, 0.3) is 10.8 Å². The first kappa shape index (κ1) is 20.2. The molecule has 29 heavy (non-hydrogen) atoms. The molecule has 1 unspecified atom stereocenters. The molecule has 1 N–H and O–H groups in total. The maximum atomic E-state index is 13.9. The third kappa shape index (κ3) is 3.11. The highest BCUT2D eigenvalue weighted by atomic mass is 127. The van der Waals surface area contributed by atoms with Gasteiger partial charge in [-0.2, -0.15) is 13.2 Å². The van der Waals surface area contributed by atoms with Crippen molar-refractivity contribution in [3.63, 3.8) is 0 Å². The summed E-state index contributed by atoms with van der Waals surface area (Å²) in [5.41, 5.74) is -3.52. The van der Waals surface area contributed by atoms with Crippen molar-refractivity contribution < 1.29 is 23.1 Å². The number of anilines is 1. The normalized spacial score (nSPS) is 19.1. The van der Waals surface area contributed by atoms with Gasteiger partial charge in [0.1, 0.15) is 0 Å². The molecule has 3 aromatic carbocycles. The standard InChI is InChI=1S/C22H17F3INO2/c1-2-9-27-18-12-16(26)11-17(22(23,24)25)19(18)21(29,20(27)28)15-8-7-13-5-3-4-6-14(13)10-15/h3-8,10-12,29H,2,9H2,1H3. The van der Waals surface area contributed by atoms with Crippen molar-refractivity contribution in [3.05, 3.63) is 74.9 Å². The third-order valence-corrected chi connectivity index (χ3v) is 5.83. The largest absolute Gasteiger partial charge is 0.416 e. The molecule has 150 valence electrons. The minimum atomic E-state index is -4.71. The number of amides is 1. The Morgan fingerprint density at radius 3 is 2.41 bits per heavy atom. The highest BCUT2D eigenvalue weighted by molar-refractivity contribution is 14.1. The van der Waals surface area contributed by atoms with Crippen molar-refractivity contribution in [2.24, 2.45) is 0 Å². The van der Waals surface area contributed by atoms with E-state index in [0.717, 1.165) is 16.8 Å². The Morgan fingerprint density at radius 2 is 1.76 bits per heavy atom. The summed E-state index contributed by atoms with van der Waals surface area (Å²) in [4.78, 5) is 14.6. The van der Waals surface area contributed by atoms with Gasteiger partial charge in [-0.05, 0) is 63.5 Å². The first-order valence-electron chi connectivity index (χ1n) is 9.12. The fourth-order valence-electron chi connectivity index (χ4n) is 3.95. The predicted octanol–water partition coefficient (Wildman–Crippen LogP) is 5.46. The van der Waals surface area contributed by atoms with E-state index in [1.807, 2.05) is 19.1 Å². The van der Waals surface area contributed by atoms with Crippen LogP contribution in [0.2, 0.25) is 0 Å². The summed E-state index contributed by atoms with van der Waals surface area (Å²) >= 11 is 1.80. The lowest BCUT2D eigenvalue weighted by Crippen LogP contribution is -2.42. The van der Waals surface area contributed by atoms with Crippen LogP contribution in [0.15, 0.2) is 54.6 Å². The average Bonchev–Trinajstić information content (AvgIpc) is 2.89. The van der Waals surface area contributed by atoms with Gasteiger partial charge in [-0.15, -0.1) is 0 Å². The van der Waals surface area contributed by atoms with Crippen molar-refractivity contribution in [2.75, 3.05) is 11.4 Å². The second-order valence-electron chi connectivity index (χ2n) is 7.07. The molecule has 0 spiro atoms. The highest BCUT2D eigenvalue weighted by Crippen LogP contribution is 2.51. The molecule has 3 aromatic rings. The van der Waals surface area contributed by atoms with Gasteiger partial charge in [-0.3, -0.25) is 4.79 Å². The van der Waals surface area contributed by atoms with Crippen LogP contribution in [-0.2, 0) is 16.6 Å². The topological polar surface area (TPSA) is 40.5 Å². The van der Waals surface area contributed by atoms with Crippen molar-refractivity contribution in [2.45, 2.75) is 25.1 Å². The summed E-state index contributed by atoms with van der Waals surface area (Å²) in [5.74, 6) is -0.753. The van der Waals surface area contributed by atoms with Crippen molar-refractivity contribution in [1.29, 1.82) is 0 Å². The number of nitrogens with zero attached hydrogens (tertiary/aromatic N) is 1. The Balaban J connectivity index is 2.05. The van der Waals surface area contributed by atoms with Gasteiger partial charge in [0.2, 0.25) is 0 Å². The molecular weight excluding hydrogens is 494 g/mol. The van der Waals surface area contributed by atoms with Crippen LogP contribution in [0.5, 0.6) is 0 Å². The zero-order chi connectivity index (χ0) is 21.0. The molecule has 3 nitrogen and oxygen atoms in total. The lowest BCUT2D eigenvalue weighted by Gasteiger charge is -2.25. The van der Waals surface area contributed by atoms with E-state index in [2.05, 4.69) is 0 Å². The molecule has 4 rings (SSSR count). The Kier molecular flexibility index (Phi) is 4.85. The summed E-state index contributed by atoms with van der Waals surface area (Å²) in [7, 11) is 0. The minimum absolute atomic E-state index is 0.117. The van der Waals surface area contributed by atoms with Crippen LogP contribution < -0.4 is 4.90 Å². The number of carbonyl (C=O) groups excluding carboxylic acids is 1. The van der Waals surface area contributed by atoms with Gasteiger partial charge in [0.05, 0.1) is 11.3 Å². The first-order chi connectivity index (χ1) is 13.7. The molecule has 0 radical (unpaired) electrons. The van der Waals surface area contributed by atoms with Crippen LogP contribution in [0, 0.1) is 3.57 Å². The van der Waals surface area contributed by atoms with Crippen LogP contribution in [0.1, 0.15) is 30.0 Å². The SMILES string of the molecule is CCCN1C(=O)C(O)(c2ccc3ccccc3c2)c2c1cc(I)cc2C(F)(F)F. The molecule has 0 aliphatic carbocycles. The molecule has 1 aliphatic rings. The van der Waals surface area contributed by atoms with E-state index in [1.165, 1.54) is 17.0 Å². The molecule has 1 aliphatic heterocycles. The summed E-state index contributed by atoms with van der Waals surface area (Å²) in [5, 5.41) is 13.2. The smallest absolute Gasteiger partial charge is 0.372 e. The van der Waals surface area contributed by atoms with Gasteiger partial charge in [0.25, 0.3) is 5.91 Å². The average molecular weight is 511 g/mol. The minimum Gasteiger partial charge on any atom is -0.372 e. The number of alkyl halides is 3. The summed E-state index contributed by atoms with van der Waals surface area (Å²) in [6, 6.07) is 14.6. The van der Waals surface area contributed by atoms with Gasteiger partial charge < -0.3 is 10.0 Å². The number of aliphatic hydroxyl groups is 1. The maximum Gasteiger partial charge on any atom is 0.416 e. The van der Waals surface area contributed by atoms with Crippen LogP contribution >= 0.6 is 22.6 Å². The number of benzene rings is 3. The van der Waals surface area contributed by atoms with E-state index in [4.69, 9.17) is 0 Å². The van der Waals surface area contributed by atoms with Crippen molar-refractivity contribution in [3.8, 4) is 0 Å². The van der Waals surface area contributed by atoms with Crippen LogP contribution in [0.3, 0.4) is 0 Å². The van der Waals surface area contributed by atoms with E-state index in [0.29, 0.717) is 9.99 Å². The van der Waals surface area contributed by atoms with Crippen LogP contribution in [0.4, 0.5) is 18.9 Å². The first-order valence-corrected chi connectivity index (χ1v) is 10.2. The van der Waals surface area contributed by atoms with Crippen molar-refractivity contribution >= 4 is 45.0 Å². The molecular formula is C22H17F3INO2. The number of rotatable bonds is 3. The second-order valence-corrected chi connectivity index (χ2v) is 8.32. The Hall–Kier alpha value is -2.13. The quantitative estimate of drug-likeness (QED) is 0.475. The van der Waals surface area contributed by atoms with Crippen LogP contribution in [-0.4, -0.2) is 17.6 Å². The molecule has 1 amide bonds. The Bertz CT molecular complexity index is 1130. The summed E-state index contributed by atoms with van der Waals surface area (Å²) in [6.07, 6.45) is -4.16. The molecule has 0 saturated heterocycles. The van der Waals surface area contributed by atoms with E-state index >= 15 is 0 Å². The second kappa shape index (κ2) is 6.98. The van der Waals surface area contributed by atoms with E-state index in [1.54, 1.807) is 46.9 Å². The zero-order valence-corrected chi connectivity index (χ0v) is 17.6. The van der Waals surface area contributed by atoms with Crippen molar-refractivity contribution in [1.82, 2.24) is 0 Å². The van der Waals surface area contributed by atoms with Gasteiger partial charge in [-0.25, -0.2) is 0 Å². The fourth-order valence-corrected chi connectivity index (χ4v) is 4.55. The number of fused-ring (bicyclic) bond motifs is 2. The third-order valence-electron chi connectivity index (χ3n) is 5.21. The molecule has 7 heteroatoms. The number of halogens is 4. The maximum absolute atomic E-state index is 13.9. The fraction of sp³-hybridized carbons (Fsp3) is 0.227. The predicted molar refractivity (Wildman–Crippen MR) is 114 cm³/mol.